The number of methoxy groups -OCH3 is 1. The van der Waals surface area contributed by atoms with Crippen molar-refractivity contribution in [3.63, 3.8) is 0 Å². The van der Waals surface area contributed by atoms with Crippen molar-refractivity contribution in [2.24, 2.45) is 0 Å². The second kappa shape index (κ2) is 5.36. The number of hydrogen-bond acceptors (Lipinski definition) is 5. The van der Waals surface area contributed by atoms with Crippen LogP contribution in [0, 0.1) is 6.92 Å². The van der Waals surface area contributed by atoms with Crippen LogP contribution in [0.25, 0.3) is 22.2 Å². The maximum absolute atomic E-state index is 5.38. The molecule has 0 aliphatic heterocycles. The summed E-state index contributed by atoms with van der Waals surface area (Å²) in [7, 11) is 3.46. The molecule has 0 unspecified atom stereocenters. The molecule has 0 aliphatic carbocycles. The molecule has 0 aliphatic rings. The summed E-state index contributed by atoms with van der Waals surface area (Å²) in [6, 6.07) is 9.83. The fraction of sp³-hybridized carbons (Fsp3) is 0.188. The van der Waals surface area contributed by atoms with Crippen molar-refractivity contribution >= 4 is 16.9 Å². The number of hydrogen-bond donors (Lipinski definition) is 1. The third-order valence-electron chi connectivity index (χ3n) is 3.31. The number of ether oxygens (including phenoxy) is 1. The van der Waals surface area contributed by atoms with Crippen LogP contribution in [0.2, 0.25) is 0 Å². The predicted octanol–water partition coefficient (Wildman–Crippen LogP) is 3.05. The van der Waals surface area contributed by atoms with Gasteiger partial charge in [-0.05, 0) is 31.2 Å². The quantitative estimate of drug-likeness (QED) is 0.799. The van der Waals surface area contributed by atoms with Gasteiger partial charge in [-0.1, -0.05) is 6.07 Å². The zero-order valence-corrected chi connectivity index (χ0v) is 12.2. The van der Waals surface area contributed by atoms with E-state index in [9.17, 15) is 0 Å². The highest BCUT2D eigenvalue weighted by atomic mass is 16.5. The molecule has 2 heterocycles. The average Bonchev–Trinajstić information content (AvgIpc) is 2.53. The monoisotopic (exact) mass is 280 g/mol. The molecule has 0 saturated heterocycles. The van der Waals surface area contributed by atoms with E-state index in [4.69, 9.17) is 4.74 Å². The van der Waals surface area contributed by atoms with Crippen LogP contribution in [0.3, 0.4) is 0 Å². The van der Waals surface area contributed by atoms with Gasteiger partial charge in [0.15, 0.2) is 0 Å². The van der Waals surface area contributed by atoms with E-state index in [1.807, 2.05) is 44.3 Å². The van der Waals surface area contributed by atoms with Gasteiger partial charge in [0.2, 0.25) is 5.95 Å². The largest absolute Gasteiger partial charge is 0.494 e. The van der Waals surface area contributed by atoms with Gasteiger partial charge >= 0.3 is 0 Å². The lowest BCUT2D eigenvalue weighted by Gasteiger charge is -2.10. The van der Waals surface area contributed by atoms with Crippen LogP contribution in [-0.2, 0) is 0 Å². The Morgan fingerprint density at radius 3 is 2.76 bits per heavy atom. The molecule has 3 aromatic rings. The van der Waals surface area contributed by atoms with Gasteiger partial charge in [-0.3, -0.25) is 4.98 Å². The van der Waals surface area contributed by atoms with Crippen LogP contribution in [0.4, 0.5) is 5.95 Å². The molecule has 0 amide bonds. The number of pyridine rings is 1. The van der Waals surface area contributed by atoms with Gasteiger partial charge in [-0.2, -0.15) is 0 Å². The summed E-state index contributed by atoms with van der Waals surface area (Å²) >= 11 is 0. The minimum Gasteiger partial charge on any atom is -0.494 e. The second-order valence-corrected chi connectivity index (χ2v) is 4.68. The number of fused-ring (bicyclic) bond motifs is 1. The van der Waals surface area contributed by atoms with Crippen molar-refractivity contribution in [1.82, 2.24) is 15.0 Å². The fourth-order valence-corrected chi connectivity index (χ4v) is 2.35. The molecule has 5 nitrogen and oxygen atoms in total. The Balaban J connectivity index is 2.28. The number of nitrogens with zero attached hydrogens (tertiary/aromatic N) is 3. The molecular weight excluding hydrogens is 264 g/mol. The number of nitrogens with one attached hydrogen (secondary N) is 1. The highest BCUT2D eigenvalue weighted by molar-refractivity contribution is 5.97. The Hall–Kier alpha value is -2.69. The predicted molar refractivity (Wildman–Crippen MR) is 83.6 cm³/mol. The Kier molecular flexibility index (Phi) is 3.39. The summed E-state index contributed by atoms with van der Waals surface area (Å²) in [5.41, 5.74) is 3.63. The summed E-state index contributed by atoms with van der Waals surface area (Å²) in [4.78, 5) is 13.3. The van der Waals surface area contributed by atoms with E-state index in [1.165, 1.54) is 0 Å². The summed E-state index contributed by atoms with van der Waals surface area (Å²) in [5, 5.41) is 4.00. The van der Waals surface area contributed by atoms with Crippen molar-refractivity contribution < 1.29 is 4.74 Å². The lowest BCUT2D eigenvalue weighted by Crippen LogP contribution is -2.00. The molecule has 0 bridgehead atoms. The van der Waals surface area contributed by atoms with Crippen LogP contribution < -0.4 is 10.1 Å². The molecule has 0 fully saturated rings. The van der Waals surface area contributed by atoms with Gasteiger partial charge in [-0.15, -0.1) is 0 Å². The van der Waals surface area contributed by atoms with E-state index in [1.54, 1.807) is 13.3 Å². The summed E-state index contributed by atoms with van der Waals surface area (Å²) < 4.78 is 5.38. The average molecular weight is 280 g/mol. The topological polar surface area (TPSA) is 59.9 Å². The Morgan fingerprint density at radius 2 is 2.00 bits per heavy atom. The smallest absolute Gasteiger partial charge is 0.223 e. The first-order valence-corrected chi connectivity index (χ1v) is 6.68. The zero-order chi connectivity index (χ0) is 14.8. The van der Waals surface area contributed by atoms with Crippen molar-refractivity contribution in [2.45, 2.75) is 6.92 Å². The Morgan fingerprint density at radius 1 is 1.14 bits per heavy atom. The molecule has 21 heavy (non-hydrogen) atoms. The minimum atomic E-state index is 0.609. The first kappa shape index (κ1) is 13.3. The van der Waals surface area contributed by atoms with E-state index in [0.717, 1.165) is 33.6 Å². The van der Waals surface area contributed by atoms with Gasteiger partial charge in [0, 0.05) is 29.9 Å². The summed E-state index contributed by atoms with van der Waals surface area (Å²) in [6.45, 7) is 1.95. The van der Waals surface area contributed by atoms with Gasteiger partial charge in [0.05, 0.1) is 12.8 Å². The molecule has 3 rings (SSSR count). The van der Waals surface area contributed by atoms with Crippen LogP contribution in [0.1, 0.15) is 5.69 Å². The summed E-state index contributed by atoms with van der Waals surface area (Å²) in [6.07, 6.45) is 1.76. The lowest BCUT2D eigenvalue weighted by molar-refractivity contribution is 0.419. The number of aryl methyl sites for hydroxylation is 1. The van der Waals surface area contributed by atoms with Crippen molar-refractivity contribution in [3.8, 4) is 17.0 Å². The van der Waals surface area contributed by atoms with Crippen LogP contribution in [-0.4, -0.2) is 29.1 Å². The highest BCUT2D eigenvalue weighted by Gasteiger charge is 2.11. The van der Waals surface area contributed by atoms with Gasteiger partial charge in [0.1, 0.15) is 11.3 Å². The lowest BCUT2D eigenvalue weighted by atomic mass is 10.0. The third kappa shape index (κ3) is 2.38. The number of rotatable bonds is 3. The normalized spacial score (nSPS) is 10.6. The molecule has 0 atom stereocenters. The van der Waals surface area contributed by atoms with E-state index >= 15 is 0 Å². The molecule has 0 saturated carbocycles. The molecule has 106 valence electrons. The number of anilines is 1. The first-order chi connectivity index (χ1) is 10.2. The van der Waals surface area contributed by atoms with Crippen molar-refractivity contribution in [2.75, 3.05) is 19.5 Å². The first-order valence-electron chi connectivity index (χ1n) is 6.68. The van der Waals surface area contributed by atoms with Crippen LogP contribution in [0.5, 0.6) is 5.75 Å². The van der Waals surface area contributed by atoms with E-state index < -0.39 is 0 Å². The fourth-order valence-electron chi connectivity index (χ4n) is 2.35. The van der Waals surface area contributed by atoms with Crippen molar-refractivity contribution in [1.29, 1.82) is 0 Å². The molecular formula is C16H16N4O. The van der Waals surface area contributed by atoms with Gasteiger partial charge in [0.25, 0.3) is 0 Å². The maximum atomic E-state index is 5.38. The summed E-state index contributed by atoms with van der Waals surface area (Å²) in [5.74, 6) is 1.37. The van der Waals surface area contributed by atoms with E-state index in [2.05, 4.69) is 20.3 Å². The second-order valence-electron chi connectivity index (χ2n) is 4.68. The van der Waals surface area contributed by atoms with E-state index in [0.29, 0.717) is 5.95 Å². The molecule has 0 radical (unpaired) electrons. The number of benzene rings is 1. The molecule has 2 aromatic heterocycles. The standard InChI is InChI=1S/C16H16N4O/c1-10-9-13(20-16(17-2)19-10)11-6-7-14(21-3)15-12(11)5-4-8-18-15/h4-9H,1-3H3,(H,17,19,20). The van der Waals surface area contributed by atoms with Crippen LogP contribution >= 0.6 is 0 Å². The van der Waals surface area contributed by atoms with Crippen LogP contribution in [0.15, 0.2) is 36.5 Å². The highest BCUT2D eigenvalue weighted by Crippen LogP contribution is 2.32. The maximum Gasteiger partial charge on any atom is 0.223 e. The molecule has 1 N–H and O–H groups in total. The van der Waals surface area contributed by atoms with Crippen molar-refractivity contribution in [3.05, 3.63) is 42.2 Å². The third-order valence-corrected chi connectivity index (χ3v) is 3.31. The Labute approximate surface area is 123 Å². The van der Waals surface area contributed by atoms with E-state index in [-0.39, 0.29) is 0 Å². The zero-order valence-electron chi connectivity index (χ0n) is 12.2. The minimum absolute atomic E-state index is 0.609. The SMILES string of the molecule is CNc1nc(C)cc(-c2ccc(OC)c3ncccc23)n1. The molecule has 1 aromatic carbocycles. The van der Waals surface area contributed by atoms with Gasteiger partial charge < -0.3 is 10.1 Å². The number of aromatic nitrogens is 3. The molecule has 5 heteroatoms. The van der Waals surface area contributed by atoms with Gasteiger partial charge in [-0.25, -0.2) is 9.97 Å². The Bertz CT molecular complexity index is 801. The molecule has 0 spiro atoms.